The molecule has 0 radical (unpaired) electrons. The molecule has 0 heterocycles. The molecule has 0 saturated carbocycles. The average Bonchev–Trinajstić information content (AvgIpc) is 2.80. The third-order valence-corrected chi connectivity index (χ3v) is 4.88. The zero-order valence-corrected chi connectivity index (χ0v) is 19.2. The highest BCUT2D eigenvalue weighted by Gasteiger charge is 2.13. The third-order valence-electron chi connectivity index (χ3n) is 4.88. The van der Waals surface area contributed by atoms with Gasteiger partial charge in [-0.3, -0.25) is 14.4 Å². The predicted octanol–water partition coefficient (Wildman–Crippen LogP) is 3.72. The summed E-state index contributed by atoms with van der Waals surface area (Å²) in [6.07, 6.45) is 1.38. The van der Waals surface area contributed by atoms with E-state index in [4.69, 9.17) is 4.74 Å². The summed E-state index contributed by atoms with van der Waals surface area (Å²) in [4.78, 5) is 36.2. The molecule has 0 aliphatic carbocycles. The first-order valence-electron chi connectivity index (χ1n) is 10.6. The van der Waals surface area contributed by atoms with Gasteiger partial charge in [-0.2, -0.15) is 5.10 Å². The lowest BCUT2D eigenvalue weighted by Crippen LogP contribution is -2.32. The molecule has 0 aliphatic heterocycles. The second kappa shape index (κ2) is 11.4. The minimum Gasteiger partial charge on any atom is -0.484 e. The first-order chi connectivity index (χ1) is 16.3. The Labute approximate surface area is 198 Å². The molecule has 0 atom stereocenters. The molecular weight excluding hydrogens is 432 g/mol. The Morgan fingerprint density at radius 3 is 2.35 bits per heavy atom. The van der Waals surface area contributed by atoms with Gasteiger partial charge in [0.05, 0.1) is 6.21 Å². The standard InChI is InChI=1S/C26H26N4O4/c1-17-6-4-8-21(12-17)28-24(31)16-34-23-9-5-7-20(14-23)15-27-30-26(33)25(32)29-22-11-10-18(2)19(3)13-22/h4-15H,16H2,1-3H3,(H,28,31)(H,29,32)(H,30,33)/b27-15-. The molecule has 3 N–H and O–H groups in total. The summed E-state index contributed by atoms with van der Waals surface area (Å²) in [6, 6.07) is 19.7. The molecular formula is C26H26N4O4. The van der Waals surface area contributed by atoms with Crippen molar-refractivity contribution in [3.05, 3.63) is 89.0 Å². The number of nitrogens with zero attached hydrogens (tertiary/aromatic N) is 1. The Kier molecular flexibility index (Phi) is 8.12. The summed E-state index contributed by atoms with van der Waals surface area (Å²) in [7, 11) is 0. The Morgan fingerprint density at radius 1 is 0.824 bits per heavy atom. The van der Waals surface area contributed by atoms with Crippen molar-refractivity contribution >= 4 is 35.3 Å². The summed E-state index contributed by atoms with van der Waals surface area (Å²) in [5.41, 5.74) is 7.18. The maximum absolute atomic E-state index is 12.1. The van der Waals surface area contributed by atoms with Crippen LogP contribution in [-0.2, 0) is 14.4 Å². The lowest BCUT2D eigenvalue weighted by molar-refractivity contribution is -0.136. The number of hydrazone groups is 1. The van der Waals surface area contributed by atoms with Crippen LogP contribution >= 0.6 is 0 Å². The van der Waals surface area contributed by atoms with Crippen molar-refractivity contribution in [3.63, 3.8) is 0 Å². The van der Waals surface area contributed by atoms with Crippen molar-refractivity contribution < 1.29 is 19.1 Å². The van der Waals surface area contributed by atoms with Crippen molar-refractivity contribution in [2.45, 2.75) is 20.8 Å². The molecule has 3 amide bonds. The second-order valence-electron chi connectivity index (χ2n) is 7.73. The topological polar surface area (TPSA) is 109 Å². The minimum atomic E-state index is -0.894. The van der Waals surface area contributed by atoms with Crippen LogP contribution in [0.1, 0.15) is 22.3 Å². The Morgan fingerprint density at radius 2 is 1.59 bits per heavy atom. The molecule has 0 aliphatic rings. The molecule has 8 heteroatoms. The normalized spacial score (nSPS) is 10.6. The molecule has 174 valence electrons. The van der Waals surface area contributed by atoms with Crippen molar-refractivity contribution in [1.29, 1.82) is 0 Å². The monoisotopic (exact) mass is 458 g/mol. The molecule has 0 saturated heterocycles. The Bertz CT molecular complexity index is 1240. The van der Waals surface area contributed by atoms with E-state index in [2.05, 4.69) is 21.2 Å². The highest BCUT2D eigenvalue weighted by atomic mass is 16.5. The van der Waals surface area contributed by atoms with Gasteiger partial charge in [0.25, 0.3) is 5.91 Å². The molecule has 0 unspecified atom stereocenters. The first kappa shape index (κ1) is 24.2. The van der Waals surface area contributed by atoms with Crippen LogP contribution in [0.5, 0.6) is 5.75 Å². The largest absolute Gasteiger partial charge is 0.484 e. The van der Waals surface area contributed by atoms with Crippen LogP contribution < -0.4 is 20.8 Å². The molecule has 3 rings (SSSR count). The van der Waals surface area contributed by atoms with Crippen LogP contribution in [-0.4, -0.2) is 30.5 Å². The number of carbonyl (C=O) groups is 3. The van der Waals surface area contributed by atoms with Gasteiger partial charge in [0.15, 0.2) is 6.61 Å². The lowest BCUT2D eigenvalue weighted by atomic mass is 10.1. The van der Waals surface area contributed by atoms with Crippen LogP contribution in [0.15, 0.2) is 71.8 Å². The van der Waals surface area contributed by atoms with Crippen LogP contribution in [0.25, 0.3) is 0 Å². The Hall–Kier alpha value is -4.46. The van der Waals surface area contributed by atoms with E-state index in [1.807, 2.05) is 45.0 Å². The van der Waals surface area contributed by atoms with Gasteiger partial charge in [-0.05, 0) is 79.4 Å². The van der Waals surface area contributed by atoms with E-state index in [9.17, 15) is 14.4 Å². The second-order valence-corrected chi connectivity index (χ2v) is 7.73. The van der Waals surface area contributed by atoms with Crippen molar-refractivity contribution in [1.82, 2.24) is 5.43 Å². The van der Waals surface area contributed by atoms with Crippen LogP contribution in [0.2, 0.25) is 0 Å². The van der Waals surface area contributed by atoms with Gasteiger partial charge in [-0.15, -0.1) is 0 Å². The summed E-state index contributed by atoms with van der Waals surface area (Å²) in [6.45, 7) is 5.66. The van der Waals surface area contributed by atoms with E-state index in [0.717, 1.165) is 16.7 Å². The van der Waals surface area contributed by atoms with Crippen molar-refractivity contribution in [2.75, 3.05) is 17.2 Å². The zero-order valence-electron chi connectivity index (χ0n) is 19.2. The molecule has 0 spiro atoms. The Balaban J connectivity index is 1.48. The average molecular weight is 459 g/mol. The van der Waals surface area contributed by atoms with E-state index in [1.165, 1.54) is 6.21 Å². The number of hydrogen-bond acceptors (Lipinski definition) is 5. The van der Waals surface area contributed by atoms with Crippen LogP contribution in [0, 0.1) is 20.8 Å². The summed E-state index contributed by atoms with van der Waals surface area (Å²) in [5, 5.41) is 9.12. The highest BCUT2D eigenvalue weighted by Crippen LogP contribution is 2.15. The van der Waals surface area contributed by atoms with E-state index >= 15 is 0 Å². The molecule has 0 bridgehead atoms. The highest BCUT2D eigenvalue weighted by molar-refractivity contribution is 6.39. The fourth-order valence-electron chi connectivity index (χ4n) is 2.98. The molecule has 0 fully saturated rings. The van der Waals surface area contributed by atoms with Gasteiger partial charge in [-0.1, -0.05) is 30.3 Å². The number of rotatable bonds is 7. The van der Waals surface area contributed by atoms with Gasteiger partial charge >= 0.3 is 11.8 Å². The molecule has 8 nitrogen and oxygen atoms in total. The number of benzene rings is 3. The predicted molar refractivity (Wildman–Crippen MR) is 132 cm³/mol. The van der Waals surface area contributed by atoms with Crippen molar-refractivity contribution in [2.24, 2.45) is 5.10 Å². The van der Waals surface area contributed by atoms with E-state index in [0.29, 0.717) is 22.7 Å². The number of nitrogens with one attached hydrogen (secondary N) is 3. The van der Waals surface area contributed by atoms with E-state index in [1.54, 1.807) is 42.5 Å². The summed E-state index contributed by atoms with van der Waals surface area (Å²) < 4.78 is 5.54. The summed E-state index contributed by atoms with van der Waals surface area (Å²) >= 11 is 0. The zero-order chi connectivity index (χ0) is 24.5. The molecule has 3 aromatic rings. The van der Waals surface area contributed by atoms with Gasteiger partial charge in [0.2, 0.25) is 0 Å². The maximum Gasteiger partial charge on any atom is 0.329 e. The number of hydrogen-bond donors (Lipinski definition) is 3. The minimum absolute atomic E-state index is 0.163. The smallest absolute Gasteiger partial charge is 0.329 e. The number of carbonyl (C=O) groups excluding carboxylic acids is 3. The lowest BCUT2D eigenvalue weighted by Gasteiger charge is -2.08. The van der Waals surface area contributed by atoms with Gasteiger partial charge < -0.3 is 15.4 Å². The van der Waals surface area contributed by atoms with Gasteiger partial charge in [0.1, 0.15) is 5.75 Å². The fraction of sp³-hybridized carbons (Fsp3) is 0.154. The van der Waals surface area contributed by atoms with E-state index in [-0.39, 0.29) is 12.5 Å². The number of anilines is 2. The maximum atomic E-state index is 12.1. The summed E-state index contributed by atoms with van der Waals surface area (Å²) in [5.74, 6) is -1.54. The number of aryl methyl sites for hydroxylation is 3. The van der Waals surface area contributed by atoms with Crippen molar-refractivity contribution in [3.8, 4) is 5.75 Å². The molecule has 0 aromatic heterocycles. The van der Waals surface area contributed by atoms with Gasteiger partial charge in [0, 0.05) is 11.4 Å². The first-order valence-corrected chi connectivity index (χ1v) is 10.6. The quantitative estimate of drug-likeness (QED) is 0.285. The third kappa shape index (κ3) is 7.30. The van der Waals surface area contributed by atoms with Gasteiger partial charge in [-0.25, -0.2) is 5.43 Å². The SMILES string of the molecule is Cc1cccc(NC(=O)COc2cccc(/C=N\NC(=O)C(=O)Nc3ccc(C)c(C)c3)c2)c1. The van der Waals surface area contributed by atoms with Crippen LogP contribution in [0.4, 0.5) is 11.4 Å². The number of ether oxygens (including phenoxy) is 1. The van der Waals surface area contributed by atoms with Crippen LogP contribution in [0.3, 0.4) is 0 Å². The molecule has 3 aromatic carbocycles. The fourth-order valence-corrected chi connectivity index (χ4v) is 2.98. The molecule has 34 heavy (non-hydrogen) atoms. The number of amides is 3. The van der Waals surface area contributed by atoms with E-state index < -0.39 is 11.8 Å².